The maximum atomic E-state index is 6.84. The van der Waals surface area contributed by atoms with Crippen LogP contribution in [0.4, 0.5) is 17.1 Å². The zero-order valence-electron chi connectivity index (χ0n) is 34.4. The number of anilines is 3. The Morgan fingerprint density at radius 2 is 0.825 bits per heavy atom. The summed E-state index contributed by atoms with van der Waals surface area (Å²) in [6, 6.07) is 86.5. The Labute approximate surface area is 366 Å². The van der Waals surface area contributed by atoms with Gasteiger partial charge in [0.25, 0.3) is 0 Å². The van der Waals surface area contributed by atoms with Gasteiger partial charge >= 0.3 is 0 Å². The highest BCUT2D eigenvalue weighted by atomic mass is 16.3. The van der Waals surface area contributed by atoms with Crippen molar-refractivity contribution in [1.82, 2.24) is 0 Å². The predicted molar refractivity (Wildman–Crippen MR) is 261 cm³/mol. The van der Waals surface area contributed by atoms with Crippen molar-refractivity contribution in [3.63, 3.8) is 0 Å². The fraction of sp³-hybridized carbons (Fsp3) is 0.0164. The molecule has 1 heterocycles. The van der Waals surface area contributed by atoms with Gasteiger partial charge in [-0.25, -0.2) is 0 Å². The summed E-state index contributed by atoms with van der Waals surface area (Å²) in [4.78, 5) is 2.47. The Morgan fingerprint density at radius 3 is 1.56 bits per heavy atom. The number of hydrogen-bond donors (Lipinski definition) is 0. The number of benzene rings is 10. The van der Waals surface area contributed by atoms with Gasteiger partial charge in [-0.15, -0.1) is 0 Å². The van der Waals surface area contributed by atoms with Gasteiger partial charge in [-0.3, -0.25) is 0 Å². The van der Waals surface area contributed by atoms with Crippen molar-refractivity contribution in [3.8, 4) is 55.6 Å². The SMILES string of the molecule is c1ccc(-c2cccc(N(c3ccc4c(c3)-c3ccccc3C43c4ccccc4-c4ccccc43)c3cccc(-c4ccccc4)c3-c3cccc4c3oc3ccccc34)c2)cc1. The minimum Gasteiger partial charge on any atom is -0.455 e. The fourth-order valence-electron chi connectivity index (χ4n) is 10.9. The van der Waals surface area contributed by atoms with E-state index in [2.05, 4.69) is 235 Å². The highest BCUT2D eigenvalue weighted by Crippen LogP contribution is 2.63. The summed E-state index contributed by atoms with van der Waals surface area (Å²) in [6.07, 6.45) is 0. The molecule has 294 valence electrons. The van der Waals surface area contributed by atoms with Crippen LogP contribution in [0.3, 0.4) is 0 Å². The van der Waals surface area contributed by atoms with E-state index in [-0.39, 0.29) is 0 Å². The van der Waals surface area contributed by atoms with Gasteiger partial charge in [0, 0.05) is 33.3 Å². The van der Waals surface area contributed by atoms with Crippen molar-refractivity contribution in [2.45, 2.75) is 5.41 Å². The molecule has 1 aromatic heterocycles. The van der Waals surface area contributed by atoms with Crippen molar-refractivity contribution in [2.75, 3.05) is 4.90 Å². The van der Waals surface area contributed by atoms with Crippen LogP contribution >= 0.6 is 0 Å². The largest absolute Gasteiger partial charge is 0.455 e. The minimum absolute atomic E-state index is 0.426. The molecule has 0 saturated heterocycles. The second-order valence-electron chi connectivity index (χ2n) is 16.7. The zero-order valence-corrected chi connectivity index (χ0v) is 34.4. The van der Waals surface area contributed by atoms with E-state index >= 15 is 0 Å². The highest BCUT2D eigenvalue weighted by molar-refractivity contribution is 6.13. The van der Waals surface area contributed by atoms with Crippen LogP contribution in [0.5, 0.6) is 0 Å². The molecule has 0 bridgehead atoms. The average molecular weight is 802 g/mol. The number of rotatable bonds is 6. The van der Waals surface area contributed by atoms with Gasteiger partial charge < -0.3 is 9.32 Å². The summed E-state index contributed by atoms with van der Waals surface area (Å²) in [6.45, 7) is 0. The Balaban J connectivity index is 1.11. The molecule has 0 radical (unpaired) electrons. The number of nitrogens with zero attached hydrogens (tertiary/aromatic N) is 1. The predicted octanol–water partition coefficient (Wildman–Crippen LogP) is 16.4. The molecule has 0 saturated carbocycles. The summed E-state index contributed by atoms with van der Waals surface area (Å²) in [5.74, 6) is 0. The van der Waals surface area contributed by atoms with E-state index in [1.807, 2.05) is 6.07 Å². The third-order valence-electron chi connectivity index (χ3n) is 13.5. The first kappa shape index (κ1) is 35.5. The monoisotopic (exact) mass is 801 g/mol. The van der Waals surface area contributed by atoms with Crippen LogP contribution in [0.2, 0.25) is 0 Å². The summed E-state index contributed by atoms with van der Waals surface area (Å²) in [7, 11) is 0. The summed E-state index contributed by atoms with van der Waals surface area (Å²) in [5, 5.41) is 2.22. The molecular formula is C61H39NO. The fourth-order valence-corrected chi connectivity index (χ4v) is 10.9. The number of furan rings is 1. The van der Waals surface area contributed by atoms with E-state index in [4.69, 9.17) is 4.42 Å². The number of hydrogen-bond acceptors (Lipinski definition) is 2. The molecule has 10 aromatic carbocycles. The first-order valence-electron chi connectivity index (χ1n) is 21.8. The highest BCUT2D eigenvalue weighted by Gasteiger charge is 2.51. The van der Waals surface area contributed by atoms with Gasteiger partial charge in [-0.05, 0) is 103 Å². The number of fused-ring (bicyclic) bond motifs is 13. The molecule has 1 spiro atoms. The molecule has 0 N–H and O–H groups in total. The van der Waals surface area contributed by atoms with Crippen LogP contribution in [0.15, 0.2) is 241 Å². The normalized spacial score (nSPS) is 12.9. The van der Waals surface area contributed by atoms with Gasteiger partial charge in [0.05, 0.1) is 11.1 Å². The Hall–Kier alpha value is -8.20. The molecule has 2 heteroatoms. The van der Waals surface area contributed by atoms with Crippen molar-refractivity contribution < 1.29 is 4.42 Å². The first-order valence-corrected chi connectivity index (χ1v) is 21.8. The molecule has 2 nitrogen and oxygen atoms in total. The van der Waals surface area contributed by atoms with Crippen LogP contribution in [0, 0.1) is 0 Å². The van der Waals surface area contributed by atoms with Crippen molar-refractivity contribution in [2.24, 2.45) is 0 Å². The maximum absolute atomic E-state index is 6.84. The molecule has 63 heavy (non-hydrogen) atoms. The van der Waals surface area contributed by atoms with E-state index in [0.717, 1.165) is 66.8 Å². The van der Waals surface area contributed by atoms with Crippen LogP contribution in [0.1, 0.15) is 22.3 Å². The van der Waals surface area contributed by atoms with Crippen molar-refractivity contribution >= 4 is 39.0 Å². The van der Waals surface area contributed by atoms with E-state index < -0.39 is 5.41 Å². The Morgan fingerprint density at radius 1 is 0.317 bits per heavy atom. The second kappa shape index (κ2) is 13.9. The topological polar surface area (TPSA) is 16.4 Å². The Kier molecular flexibility index (Phi) is 7.85. The van der Waals surface area contributed by atoms with Crippen LogP contribution < -0.4 is 4.90 Å². The van der Waals surface area contributed by atoms with Crippen LogP contribution in [-0.2, 0) is 5.41 Å². The van der Waals surface area contributed by atoms with Crippen molar-refractivity contribution in [1.29, 1.82) is 0 Å². The molecule has 0 atom stereocenters. The van der Waals surface area contributed by atoms with E-state index in [1.54, 1.807) is 0 Å². The van der Waals surface area contributed by atoms with Crippen LogP contribution in [0.25, 0.3) is 77.6 Å². The van der Waals surface area contributed by atoms with Gasteiger partial charge in [-0.1, -0.05) is 200 Å². The molecular weight excluding hydrogens is 763 g/mol. The molecule has 11 aromatic rings. The van der Waals surface area contributed by atoms with E-state index in [1.165, 1.54) is 50.1 Å². The van der Waals surface area contributed by atoms with Crippen LogP contribution in [-0.4, -0.2) is 0 Å². The smallest absolute Gasteiger partial charge is 0.143 e. The molecule has 0 aliphatic heterocycles. The molecule has 0 fully saturated rings. The average Bonchev–Trinajstić information content (AvgIpc) is 3.99. The van der Waals surface area contributed by atoms with Gasteiger partial charge in [0.2, 0.25) is 0 Å². The van der Waals surface area contributed by atoms with Gasteiger partial charge in [0.1, 0.15) is 11.2 Å². The lowest BCUT2D eigenvalue weighted by molar-refractivity contribution is 0.670. The van der Waals surface area contributed by atoms with Gasteiger partial charge in [0.15, 0.2) is 0 Å². The molecule has 2 aliphatic rings. The molecule has 0 amide bonds. The number of para-hydroxylation sites is 2. The lowest BCUT2D eigenvalue weighted by Crippen LogP contribution is -2.25. The molecule has 0 unspecified atom stereocenters. The van der Waals surface area contributed by atoms with E-state index in [0.29, 0.717) is 0 Å². The zero-order chi connectivity index (χ0) is 41.5. The van der Waals surface area contributed by atoms with Gasteiger partial charge in [-0.2, -0.15) is 0 Å². The lowest BCUT2D eigenvalue weighted by Gasteiger charge is -2.32. The quantitative estimate of drug-likeness (QED) is 0.167. The molecule has 2 aliphatic carbocycles. The summed E-state index contributed by atoms with van der Waals surface area (Å²) in [5.41, 5.74) is 21.8. The third-order valence-corrected chi connectivity index (χ3v) is 13.5. The third kappa shape index (κ3) is 5.19. The standard InChI is InChI=1S/C61H39NO/c1-3-18-40(19-4-1)42-22-15-23-43(38-42)62(57-34-17-28-45(41-20-5-2-6-21-41)59(57)51-30-16-29-50-49-27-10-14-35-58(49)63-60(50)51)44-36-37-56-52(39-44)48-26-9-13-33-55(48)61(56)53-31-11-7-24-46(53)47-25-8-12-32-54(47)61/h1-39H. The molecule has 13 rings (SSSR count). The lowest BCUT2D eigenvalue weighted by atomic mass is 9.70. The minimum atomic E-state index is -0.426. The summed E-state index contributed by atoms with van der Waals surface area (Å²) < 4.78 is 6.84. The first-order chi connectivity index (χ1) is 31.3. The van der Waals surface area contributed by atoms with Crippen molar-refractivity contribution in [3.05, 3.63) is 259 Å². The second-order valence-corrected chi connectivity index (χ2v) is 16.7. The Bertz CT molecular complexity index is 3540. The maximum Gasteiger partial charge on any atom is 0.143 e. The van der Waals surface area contributed by atoms with E-state index in [9.17, 15) is 0 Å². The summed E-state index contributed by atoms with van der Waals surface area (Å²) >= 11 is 0.